The van der Waals surface area contributed by atoms with Gasteiger partial charge in [0.15, 0.2) is 0 Å². The number of benzene rings is 3. The van der Waals surface area contributed by atoms with Gasteiger partial charge in [-0.15, -0.1) is 0 Å². The lowest BCUT2D eigenvalue weighted by atomic mass is 10.0. The largest absolute Gasteiger partial charge is 0.494 e. The first kappa shape index (κ1) is 25.4. The number of ether oxygens (including phenoxy) is 1. The van der Waals surface area contributed by atoms with E-state index in [1.54, 1.807) is 17.0 Å². The fourth-order valence-corrected chi connectivity index (χ4v) is 5.34. The number of hydrogen-bond donors (Lipinski definition) is 1. The van der Waals surface area contributed by atoms with Crippen LogP contribution in [-0.2, 0) is 13.0 Å². The molecule has 3 heterocycles. The molecule has 0 saturated carbocycles. The smallest absolute Gasteiger partial charge is 0.322 e. The molecule has 5 aromatic rings. The monoisotopic (exact) mass is 535 g/mol. The molecule has 2 amide bonds. The maximum absolute atomic E-state index is 14.1. The van der Waals surface area contributed by atoms with Crippen molar-refractivity contribution in [3.63, 3.8) is 0 Å². The van der Waals surface area contributed by atoms with Crippen molar-refractivity contribution in [1.82, 2.24) is 19.2 Å². The molecule has 6 rings (SSSR count). The van der Waals surface area contributed by atoms with Gasteiger partial charge in [-0.3, -0.25) is 0 Å². The Bertz CT molecular complexity index is 1620. The molecule has 7 nitrogen and oxygen atoms in total. The summed E-state index contributed by atoms with van der Waals surface area (Å²) < 4.78 is 23.6. The van der Waals surface area contributed by atoms with Crippen molar-refractivity contribution in [1.29, 1.82) is 0 Å². The number of nitrogens with one attached hydrogen (secondary N) is 1. The second-order valence-electron chi connectivity index (χ2n) is 9.62. The fraction of sp³-hybridized carbons (Fsp3) is 0.188. The first-order chi connectivity index (χ1) is 19.6. The number of rotatable bonds is 6. The minimum Gasteiger partial charge on any atom is -0.494 e. The zero-order valence-electron chi connectivity index (χ0n) is 22.4. The van der Waals surface area contributed by atoms with E-state index in [4.69, 9.17) is 9.84 Å². The first-order valence-corrected chi connectivity index (χ1v) is 13.5. The lowest BCUT2D eigenvalue weighted by molar-refractivity contribution is 0.194. The van der Waals surface area contributed by atoms with Gasteiger partial charge in [-0.1, -0.05) is 37.3 Å². The molecule has 3 aromatic carbocycles. The molecule has 1 unspecified atom stereocenters. The summed E-state index contributed by atoms with van der Waals surface area (Å²) in [7, 11) is 0. The van der Waals surface area contributed by atoms with Crippen molar-refractivity contribution in [3.8, 4) is 17.3 Å². The topological polar surface area (TPSA) is 64.3 Å². The van der Waals surface area contributed by atoms with Gasteiger partial charge in [0.05, 0.1) is 36.3 Å². The minimum atomic E-state index is -0.473. The highest BCUT2D eigenvalue weighted by Gasteiger charge is 2.36. The highest BCUT2D eigenvalue weighted by molar-refractivity contribution is 5.90. The number of amides is 2. The number of halogens is 1. The van der Waals surface area contributed by atoms with E-state index in [0.717, 1.165) is 39.8 Å². The van der Waals surface area contributed by atoms with Gasteiger partial charge in [0.2, 0.25) is 0 Å². The Kier molecular flexibility index (Phi) is 6.82. The zero-order chi connectivity index (χ0) is 27.6. The molecule has 1 atom stereocenters. The van der Waals surface area contributed by atoms with Gasteiger partial charge in [0, 0.05) is 17.4 Å². The van der Waals surface area contributed by atoms with Crippen LogP contribution in [0.15, 0.2) is 97.2 Å². The number of carbonyl (C=O) groups is 1. The van der Waals surface area contributed by atoms with Crippen LogP contribution in [0.2, 0.25) is 0 Å². The molecule has 0 radical (unpaired) electrons. The Morgan fingerprint density at radius 2 is 1.73 bits per heavy atom. The number of urea groups is 1. The van der Waals surface area contributed by atoms with E-state index in [9.17, 15) is 9.18 Å². The SMILES string of the molecule is CCOc1ccc(NC(=O)N2Cc3c(CC)nn(-c4ccccc4)c3-n3cccc3C2c2ccc(F)cc2)cc1. The molecule has 202 valence electrons. The van der Waals surface area contributed by atoms with Gasteiger partial charge >= 0.3 is 6.03 Å². The number of nitrogens with zero attached hydrogens (tertiary/aromatic N) is 4. The number of para-hydroxylation sites is 1. The minimum absolute atomic E-state index is 0.270. The van der Waals surface area contributed by atoms with E-state index < -0.39 is 6.04 Å². The molecule has 0 saturated heterocycles. The molecule has 2 aromatic heterocycles. The van der Waals surface area contributed by atoms with Gasteiger partial charge in [0.25, 0.3) is 0 Å². The van der Waals surface area contributed by atoms with Crippen LogP contribution in [-0.4, -0.2) is 31.9 Å². The van der Waals surface area contributed by atoms with Crippen molar-refractivity contribution in [2.45, 2.75) is 32.9 Å². The number of anilines is 1. The van der Waals surface area contributed by atoms with Crippen LogP contribution >= 0.6 is 0 Å². The van der Waals surface area contributed by atoms with E-state index in [1.807, 2.05) is 84.5 Å². The Labute approximate surface area is 232 Å². The summed E-state index contributed by atoms with van der Waals surface area (Å²) in [4.78, 5) is 15.9. The van der Waals surface area contributed by atoms with Crippen molar-refractivity contribution in [2.24, 2.45) is 0 Å². The number of hydrogen-bond acceptors (Lipinski definition) is 3. The maximum atomic E-state index is 14.1. The third kappa shape index (κ3) is 4.62. The van der Waals surface area contributed by atoms with E-state index >= 15 is 0 Å². The zero-order valence-corrected chi connectivity index (χ0v) is 22.4. The second-order valence-corrected chi connectivity index (χ2v) is 9.62. The molecule has 0 fully saturated rings. The summed E-state index contributed by atoms with van der Waals surface area (Å²) in [6, 6.07) is 26.9. The van der Waals surface area contributed by atoms with Crippen LogP contribution in [0.5, 0.6) is 5.75 Å². The average Bonchev–Trinajstić information content (AvgIpc) is 3.56. The van der Waals surface area contributed by atoms with Crippen LogP contribution < -0.4 is 10.1 Å². The van der Waals surface area contributed by atoms with E-state index in [2.05, 4.69) is 16.8 Å². The number of carbonyl (C=O) groups excluding carboxylic acids is 1. The summed E-state index contributed by atoms with van der Waals surface area (Å²) in [5, 5.41) is 8.06. The first-order valence-electron chi connectivity index (χ1n) is 13.5. The predicted octanol–water partition coefficient (Wildman–Crippen LogP) is 6.90. The fourth-order valence-electron chi connectivity index (χ4n) is 5.34. The third-order valence-electron chi connectivity index (χ3n) is 7.17. The molecule has 1 N–H and O–H groups in total. The van der Waals surface area contributed by atoms with E-state index in [-0.39, 0.29) is 11.8 Å². The maximum Gasteiger partial charge on any atom is 0.322 e. The highest BCUT2D eigenvalue weighted by Crippen LogP contribution is 2.39. The molecule has 40 heavy (non-hydrogen) atoms. The average molecular weight is 536 g/mol. The molecule has 1 aliphatic heterocycles. The van der Waals surface area contributed by atoms with Crippen LogP contribution in [0, 0.1) is 5.82 Å². The van der Waals surface area contributed by atoms with Crippen LogP contribution in [0.25, 0.3) is 11.5 Å². The third-order valence-corrected chi connectivity index (χ3v) is 7.17. The van der Waals surface area contributed by atoms with Crippen molar-refractivity contribution < 1.29 is 13.9 Å². The van der Waals surface area contributed by atoms with Gasteiger partial charge in [0.1, 0.15) is 17.4 Å². The number of aryl methyl sites for hydroxylation is 1. The van der Waals surface area contributed by atoms with Gasteiger partial charge in [-0.25, -0.2) is 13.9 Å². The second kappa shape index (κ2) is 10.7. The Hall–Kier alpha value is -4.85. The molecule has 0 bridgehead atoms. The Balaban J connectivity index is 1.49. The Morgan fingerprint density at radius 1 is 0.975 bits per heavy atom. The molecule has 1 aliphatic rings. The van der Waals surface area contributed by atoms with E-state index in [1.165, 1.54) is 12.1 Å². The van der Waals surface area contributed by atoms with Crippen molar-refractivity contribution in [2.75, 3.05) is 11.9 Å². The van der Waals surface area contributed by atoms with Crippen LogP contribution in [0.1, 0.15) is 42.4 Å². The lowest BCUT2D eigenvalue weighted by Crippen LogP contribution is -2.38. The summed E-state index contributed by atoms with van der Waals surface area (Å²) in [6.07, 6.45) is 2.70. The standard InChI is InChI=1S/C32H30FN5O2/c1-3-28-27-21-37(32(39)34-24-16-18-26(19-17-24)40-4-2)30(22-12-14-23(33)15-13-22)29-11-8-20-36(29)31(27)38(35-28)25-9-6-5-7-10-25/h5-20,30H,3-4,21H2,1-2H3,(H,34,39). The summed E-state index contributed by atoms with van der Waals surface area (Å²) >= 11 is 0. The summed E-state index contributed by atoms with van der Waals surface area (Å²) in [5.74, 6) is 1.31. The summed E-state index contributed by atoms with van der Waals surface area (Å²) in [6.45, 7) is 4.88. The van der Waals surface area contributed by atoms with Crippen molar-refractivity contribution >= 4 is 11.7 Å². The van der Waals surface area contributed by atoms with Crippen LogP contribution in [0.3, 0.4) is 0 Å². The molecule has 0 aliphatic carbocycles. The molecular formula is C32H30FN5O2. The molecular weight excluding hydrogens is 505 g/mol. The van der Waals surface area contributed by atoms with Gasteiger partial charge in [-0.2, -0.15) is 5.10 Å². The van der Waals surface area contributed by atoms with Crippen LogP contribution in [0.4, 0.5) is 14.9 Å². The lowest BCUT2D eigenvalue weighted by Gasteiger charge is -2.31. The predicted molar refractivity (Wildman–Crippen MR) is 153 cm³/mol. The van der Waals surface area contributed by atoms with Crippen molar-refractivity contribution in [3.05, 3.63) is 126 Å². The normalized spacial score (nSPS) is 14.3. The summed E-state index contributed by atoms with van der Waals surface area (Å²) in [5.41, 5.74) is 5.16. The number of fused-ring (bicyclic) bond motifs is 3. The van der Waals surface area contributed by atoms with E-state index in [0.29, 0.717) is 25.3 Å². The number of aromatic nitrogens is 3. The molecule has 8 heteroatoms. The quantitative estimate of drug-likeness (QED) is 0.257. The van der Waals surface area contributed by atoms with Gasteiger partial charge in [-0.05, 0) is 79.6 Å². The Morgan fingerprint density at radius 3 is 2.42 bits per heavy atom. The highest BCUT2D eigenvalue weighted by atomic mass is 19.1. The molecule has 0 spiro atoms. The van der Waals surface area contributed by atoms with Gasteiger partial charge < -0.3 is 19.5 Å².